The Hall–Kier alpha value is -0.960. The first-order valence-electron chi connectivity index (χ1n) is 6.60. The summed E-state index contributed by atoms with van der Waals surface area (Å²) in [5, 5.41) is 8.94. The number of aromatic nitrogens is 2. The molecule has 0 aliphatic carbocycles. The maximum atomic E-state index is 12.2. The second-order valence-corrected chi connectivity index (χ2v) is 6.27. The lowest BCUT2D eigenvalue weighted by molar-refractivity contribution is 0.158. The minimum atomic E-state index is -3.70. The Morgan fingerprint density at radius 3 is 2.80 bits per heavy atom. The van der Waals surface area contributed by atoms with Crippen LogP contribution in [-0.4, -0.2) is 49.4 Å². The van der Waals surface area contributed by atoms with Crippen LogP contribution in [0.25, 0.3) is 0 Å². The minimum absolute atomic E-state index is 0.00231. The topological polar surface area (TPSA) is 93.5 Å². The van der Waals surface area contributed by atoms with Gasteiger partial charge >= 0.3 is 0 Å². The molecule has 0 aliphatic heterocycles. The monoisotopic (exact) mass is 305 g/mol. The summed E-state index contributed by atoms with van der Waals surface area (Å²) in [4.78, 5) is 4.08. The average molecular weight is 305 g/mol. The average Bonchev–Trinajstić information content (AvgIpc) is 2.73. The second-order valence-electron chi connectivity index (χ2n) is 4.61. The number of sulfonamides is 1. The molecule has 1 aromatic rings. The number of methoxy groups -OCH3 is 1. The lowest BCUT2D eigenvalue weighted by Crippen LogP contribution is -2.38. The molecule has 2 N–H and O–H groups in total. The van der Waals surface area contributed by atoms with Gasteiger partial charge in [0.2, 0.25) is 0 Å². The largest absolute Gasteiger partial charge is 0.396 e. The van der Waals surface area contributed by atoms with E-state index >= 15 is 0 Å². The standard InChI is InChI=1S/C12H23N3O4S/c1-4-6-15-8-12(13-10(15)2)20(17,18)14-11(5-7-16)9-19-3/h8,11,14,16H,4-7,9H2,1-3H3. The first kappa shape index (κ1) is 17.1. The van der Waals surface area contributed by atoms with Crippen molar-refractivity contribution in [3.8, 4) is 0 Å². The van der Waals surface area contributed by atoms with Gasteiger partial charge in [-0.25, -0.2) is 18.1 Å². The summed E-state index contributed by atoms with van der Waals surface area (Å²) in [6.07, 6.45) is 2.73. The number of rotatable bonds is 9. The third-order valence-corrected chi connectivity index (χ3v) is 4.25. The van der Waals surface area contributed by atoms with Crippen LogP contribution in [-0.2, 0) is 21.3 Å². The zero-order valence-corrected chi connectivity index (χ0v) is 13.0. The quantitative estimate of drug-likeness (QED) is 0.683. The molecular formula is C12H23N3O4S. The molecule has 1 aromatic heterocycles. The van der Waals surface area contributed by atoms with Gasteiger partial charge in [0, 0.05) is 32.5 Å². The summed E-state index contributed by atoms with van der Waals surface area (Å²) in [6, 6.07) is -0.466. The van der Waals surface area contributed by atoms with Gasteiger partial charge < -0.3 is 14.4 Å². The van der Waals surface area contributed by atoms with E-state index in [0.29, 0.717) is 12.2 Å². The molecule has 20 heavy (non-hydrogen) atoms. The Balaban J connectivity index is 2.89. The molecule has 0 aromatic carbocycles. The number of ether oxygens (including phenoxy) is 1. The van der Waals surface area contributed by atoms with Gasteiger partial charge in [-0.3, -0.25) is 0 Å². The highest BCUT2D eigenvalue weighted by Gasteiger charge is 2.23. The summed E-state index contributed by atoms with van der Waals surface area (Å²) < 4.78 is 33.7. The van der Waals surface area contributed by atoms with Gasteiger partial charge in [-0.2, -0.15) is 0 Å². The van der Waals surface area contributed by atoms with Gasteiger partial charge in [-0.15, -0.1) is 0 Å². The molecule has 0 saturated carbocycles. The molecule has 0 fully saturated rings. The van der Waals surface area contributed by atoms with Crippen molar-refractivity contribution in [2.45, 2.75) is 44.3 Å². The fraction of sp³-hybridized carbons (Fsp3) is 0.750. The normalized spacial score (nSPS) is 13.6. The lowest BCUT2D eigenvalue weighted by atomic mass is 10.2. The van der Waals surface area contributed by atoms with Crippen molar-refractivity contribution in [2.75, 3.05) is 20.3 Å². The van der Waals surface area contributed by atoms with Gasteiger partial charge in [-0.05, 0) is 19.8 Å². The number of aliphatic hydroxyl groups excluding tert-OH is 1. The lowest BCUT2D eigenvalue weighted by Gasteiger charge is -2.15. The number of hydrogen-bond donors (Lipinski definition) is 2. The van der Waals surface area contributed by atoms with Crippen LogP contribution >= 0.6 is 0 Å². The van der Waals surface area contributed by atoms with Crippen LogP contribution in [0.5, 0.6) is 0 Å². The Morgan fingerprint density at radius 1 is 1.55 bits per heavy atom. The van der Waals surface area contributed by atoms with Crippen molar-refractivity contribution in [1.82, 2.24) is 14.3 Å². The van der Waals surface area contributed by atoms with E-state index in [0.717, 1.165) is 13.0 Å². The number of nitrogens with zero attached hydrogens (tertiary/aromatic N) is 2. The van der Waals surface area contributed by atoms with Crippen molar-refractivity contribution >= 4 is 10.0 Å². The van der Waals surface area contributed by atoms with Gasteiger partial charge in [0.15, 0.2) is 5.03 Å². The van der Waals surface area contributed by atoms with Crippen molar-refractivity contribution in [3.05, 3.63) is 12.0 Å². The summed E-state index contributed by atoms with van der Waals surface area (Å²) in [5.74, 6) is 0.665. The molecule has 116 valence electrons. The van der Waals surface area contributed by atoms with Crippen LogP contribution < -0.4 is 4.72 Å². The second kappa shape index (κ2) is 7.72. The first-order chi connectivity index (χ1) is 9.44. The van der Waals surface area contributed by atoms with E-state index in [-0.39, 0.29) is 18.2 Å². The molecule has 1 heterocycles. The molecule has 1 unspecified atom stereocenters. The first-order valence-corrected chi connectivity index (χ1v) is 8.08. The highest BCUT2D eigenvalue weighted by molar-refractivity contribution is 7.89. The number of nitrogens with one attached hydrogen (secondary N) is 1. The van der Waals surface area contributed by atoms with Crippen LogP contribution in [0.4, 0.5) is 0 Å². The van der Waals surface area contributed by atoms with E-state index in [1.807, 2.05) is 11.5 Å². The molecule has 0 aliphatic rings. The molecule has 0 radical (unpaired) electrons. The number of aryl methyl sites for hydroxylation is 2. The third-order valence-electron chi connectivity index (χ3n) is 2.86. The predicted molar refractivity (Wildman–Crippen MR) is 74.9 cm³/mol. The molecule has 7 nitrogen and oxygen atoms in total. The molecule has 1 atom stereocenters. The molecule has 1 rings (SSSR count). The van der Waals surface area contributed by atoms with Crippen LogP contribution in [0.3, 0.4) is 0 Å². The molecular weight excluding hydrogens is 282 g/mol. The van der Waals surface area contributed by atoms with Crippen LogP contribution in [0.15, 0.2) is 11.2 Å². The van der Waals surface area contributed by atoms with Gasteiger partial charge in [-0.1, -0.05) is 6.92 Å². The zero-order chi connectivity index (χ0) is 15.2. The Kier molecular flexibility index (Phi) is 6.60. The van der Waals surface area contributed by atoms with Crippen molar-refractivity contribution in [1.29, 1.82) is 0 Å². The fourth-order valence-electron chi connectivity index (χ4n) is 1.89. The van der Waals surface area contributed by atoms with E-state index in [4.69, 9.17) is 9.84 Å². The highest BCUT2D eigenvalue weighted by atomic mass is 32.2. The fourth-order valence-corrected chi connectivity index (χ4v) is 3.15. The van der Waals surface area contributed by atoms with E-state index in [1.165, 1.54) is 13.3 Å². The van der Waals surface area contributed by atoms with E-state index in [1.54, 1.807) is 6.92 Å². The van der Waals surface area contributed by atoms with E-state index in [2.05, 4.69) is 9.71 Å². The third kappa shape index (κ3) is 4.55. The van der Waals surface area contributed by atoms with E-state index < -0.39 is 16.1 Å². The van der Waals surface area contributed by atoms with Crippen molar-refractivity contribution in [3.63, 3.8) is 0 Å². The van der Waals surface area contributed by atoms with Crippen LogP contribution in [0.2, 0.25) is 0 Å². The number of imidazole rings is 1. The van der Waals surface area contributed by atoms with Gasteiger partial charge in [0.25, 0.3) is 10.0 Å². The summed E-state index contributed by atoms with van der Waals surface area (Å²) in [6.45, 7) is 4.61. The smallest absolute Gasteiger partial charge is 0.259 e. The van der Waals surface area contributed by atoms with Crippen molar-refractivity contribution < 1.29 is 18.3 Å². The molecule has 0 bridgehead atoms. The Labute approximate surface area is 120 Å². The highest BCUT2D eigenvalue weighted by Crippen LogP contribution is 2.11. The molecule has 0 saturated heterocycles. The minimum Gasteiger partial charge on any atom is -0.396 e. The number of aliphatic hydroxyl groups is 1. The summed E-state index contributed by atoms with van der Waals surface area (Å²) >= 11 is 0. The van der Waals surface area contributed by atoms with Crippen LogP contribution in [0.1, 0.15) is 25.6 Å². The Bertz CT molecular complexity index is 507. The SMILES string of the molecule is CCCn1cc(S(=O)(=O)NC(CCO)COC)nc1C. The maximum Gasteiger partial charge on any atom is 0.259 e. The predicted octanol–water partition coefficient (Wildman–Crippen LogP) is 0.277. The zero-order valence-electron chi connectivity index (χ0n) is 12.2. The Morgan fingerprint density at radius 2 is 2.25 bits per heavy atom. The van der Waals surface area contributed by atoms with Gasteiger partial charge in [0.05, 0.1) is 6.61 Å². The number of hydrogen-bond acceptors (Lipinski definition) is 5. The van der Waals surface area contributed by atoms with E-state index in [9.17, 15) is 8.42 Å². The summed E-state index contributed by atoms with van der Waals surface area (Å²) in [7, 11) is -2.21. The van der Waals surface area contributed by atoms with Gasteiger partial charge in [0.1, 0.15) is 5.82 Å². The summed E-state index contributed by atoms with van der Waals surface area (Å²) in [5.41, 5.74) is 0. The molecule has 0 spiro atoms. The molecule has 0 amide bonds. The maximum absolute atomic E-state index is 12.2. The van der Waals surface area contributed by atoms with Crippen LogP contribution in [0, 0.1) is 6.92 Å². The van der Waals surface area contributed by atoms with Crippen molar-refractivity contribution in [2.24, 2.45) is 0 Å². The molecule has 8 heteroatoms.